The van der Waals surface area contributed by atoms with E-state index in [1.54, 1.807) is 0 Å². The molecular weight excluding hydrogens is 266 g/mol. The van der Waals surface area contributed by atoms with Crippen LogP contribution in [0, 0.1) is 5.41 Å². The SMILES string of the molecule is CC1(C)CSCC(CN)(N2CCC(N3CCCC3)C2)C1. The Hall–Kier alpha value is 0.230. The van der Waals surface area contributed by atoms with Crippen molar-refractivity contribution in [3.8, 4) is 0 Å². The number of hydrogen-bond donors (Lipinski definition) is 1. The van der Waals surface area contributed by atoms with Crippen LogP contribution in [0.3, 0.4) is 0 Å². The predicted molar refractivity (Wildman–Crippen MR) is 88.3 cm³/mol. The fraction of sp³-hybridized carbons (Fsp3) is 1.00. The second-order valence-electron chi connectivity index (χ2n) is 7.89. The van der Waals surface area contributed by atoms with Crippen LogP contribution in [-0.2, 0) is 0 Å². The minimum atomic E-state index is 0.265. The summed E-state index contributed by atoms with van der Waals surface area (Å²) in [6, 6.07) is 0.802. The van der Waals surface area contributed by atoms with Crippen LogP contribution in [0.2, 0.25) is 0 Å². The molecule has 2 atom stereocenters. The van der Waals surface area contributed by atoms with Gasteiger partial charge in [-0.15, -0.1) is 0 Å². The third-order valence-corrected chi connectivity index (χ3v) is 7.27. The van der Waals surface area contributed by atoms with Gasteiger partial charge in [0.2, 0.25) is 0 Å². The summed E-state index contributed by atoms with van der Waals surface area (Å²) in [6.07, 6.45) is 5.44. The minimum Gasteiger partial charge on any atom is -0.329 e. The highest BCUT2D eigenvalue weighted by molar-refractivity contribution is 7.99. The monoisotopic (exact) mass is 297 g/mol. The molecule has 0 aliphatic carbocycles. The number of rotatable bonds is 3. The number of thioether (sulfide) groups is 1. The Labute approximate surface area is 128 Å². The first-order valence-corrected chi connectivity index (χ1v) is 9.47. The molecule has 3 aliphatic heterocycles. The third kappa shape index (κ3) is 2.90. The second-order valence-corrected chi connectivity index (χ2v) is 8.88. The molecule has 2 N–H and O–H groups in total. The minimum absolute atomic E-state index is 0.265. The van der Waals surface area contributed by atoms with E-state index in [1.807, 2.05) is 0 Å². The van der Waals surface area contributed by atoms with Crippen molar-refractivity contribution in [2.75, 3.05) is 44.2 Å². The lowest BCUT2D eigenvalue weighted by Crippen LogP contribution is -2.59. The Kier molecular flexibility index (Phi) is 4.38. The summed E-state index contributed by atoms with van der Waals surface area (Å²) in [5, 5.41) is 0. The lowest BCUT2D eigenvalue weighted by Gasteiger charge is -2.49. The number of hydrogen-bond acceptors (Lipinski definition) is 4. The van der Waals surface area contributed by atoms with Gasteiger partial charge in [-0.2, -0.15) is 11.8 Å². The molecule has 0 spiro atoms. The molecule has 0 aromatic rings. The molecule has 0 aromatic carbocycles. The highest BCUT2D eigenvalue weighted by atomic mass is 32.2. The van der Waals surface area contributed by atoms with Crippen LogP contribution in [-0.4, -0.2) is 65.6 Å². The van der Waals surface area contributed by atoms with Crippen LogP contribution in [0.15, 0.2) is 0 Å². The van der Waals surface area contributed by atoms with Gasteiger partial charge >= 0.3 is 0 Å². The van der Waals surface area contributed by atoms with Crippen LogP contribution >= 0.6 is 11.8 Å². The van der Waals surface area contributed by atoms with Gasteiger partial charge < -0.3 is 5.73 Å². The van der Waals surface area contributed by atoms with Crippen molar-refractivity contribution in [2.45, 2.75) is 51.1 Å². The molecule has 3 aliphatic rings. The Morgan fingerprint density at radius 1 is 1.15 bits per heavy atom. The van der Waals surface area contributed by atoms with Gasteiger partial charge in [-0.1, -0.05) is 13.8 Å². The summed E-state index contributed by atoms with van der Waals surface area (Å²) in [5.74, 6) is 2.53. The normalized spacial score (nSPS) is 39.5. The molecular formula is C16H31N3S. The fourth-order valence-corrected chi connectivity index (χ4v) is 6.09. The van der Waals surface area contributed by atoms with E-state index < -0.39 is 0 Å². The number of nitrogens with zero attached hydrogens (tertiary/aromatic N) is 2. The molecule has 3 rings (SSSR count). The Balaban J connectivity index is 1.67. The standard InChI is InChI=1S/C16H31N3S/c1-15(2)10-16(11-17,13-20-12-15)19-8-5-14(9-19)18-6-3-4-7-18/h14H,3-13,17H2,1-2H3. The summed E-state index contributed by atoms with van der Waals surface area (Å²) < 4.78 is 0. The molecule has 3 saturated heterocycles. The van der Waals surface area contributed by atoms with E-state index in [9.17, 15) is 0 Å². The van der Waals surface area contributed by atoms with E-state index in [0.717, 1.165) is 12.6 Å². The van der Waals surface area contributed by atoms with Crippen LogP contribution in [0.4, 0.5) is 0 Å². The molecule has 3 nitrogen and oxygen atoms in total. The average molecular weight is 298 g/mol. The van der Waals surface area contributed by atoms with E-state index in [-0.39, 0.29) is 5.54 Å². The Morgan fingerprint density at radius 3 is 2.55 bits per heavy atom. The van der Waals surface area contributed by atoms with Crippen molar-refractivity contribution < 1.29 is 0 Å². The topological polar surface area (TPSA) is 32.5 Å². The number of likely N-dealkylation sites (tertiary alicyclic amines) is 2. The van der Waals surface area contributed by atoms with Crippen LogP contribution < -0.4 is 5.73 Å². The molecule has 0 amide bonds. The van der Waals surface area contributed by atoms with Gasteiger partial charge in [0, 0.05) is 37.0 Å². The summed E-state index contributed by atoms with van der Waals surface area (Å²) in [7, 11) is 0. The van der Waals surface area contributed by atoms with Crippen LogP contribution in [0.25, 0.3) is 0 Å². The van der Waals surface area contributed by atoms with Crippen molar-refractivity contribution in [1.29, 1.82) is 0 Å². The first-order chi connectivity index (χ1) is 9.55. The van der Waals surface area contributed by atoms with Crippen molar-refractivity contribution >= 4 is 11.8 Å². The molecule has 0 radical (unpaired) electrons. The first kappa shape index (κ1) is 15.1. The lowest BCUT2D eigenvalue weighted by molar-refractivity contribution is 0.0832. The van der Waals surface area contributed by atoms with Crippen LogP contribution in [0.1, 0.15) is 39.5 Å². The zero-order valence-electron chi connectivity index (χ0n) is 13.2. The predicted octanol–water partition coefficient (Wildman–Crippen LogP) is 2.02. The zero-order chi connectivity index (χ0) is 14.2. The van der Waals surface area contributed by atoms with Crippen molar-refractivity contribution in [3.05, 3.63) is 0 Å². The van der Waals surface area contributed by atoms with Crippen molar-refractivity contribution in [3.63, 3.8) is 0 Å². The van der Waals surface area contributed by atoms with E-state index >= 15 is 0 Å². The highest BCUT2D eigenvalue weighted by Crippen LogP contribution is 2.43. The zero-order valence-corrected chi connectivity index (χ0v) is 14.1. The average Bonchev–Trinajstić information content (AvgIpc) is 3.08. The molecule has 3 heterocycles. The van der Waals surface area contributed by atoms with Crippen molar-refractivity contribution in [2.24, 2.45) is 11.1 Å². The third-order valence-electron chi connectivity index (χ3n) is 5.54. The van der Waals surface area contributed by atoms with Crippen LogP contribution in [0.5, 0.6) is 0 Å². The summed E-state index contributed by atoms with van der Waals surface area (Å²) in [4.78, 5) is 5.48. The molecule has 3 fully saturated rings. The van der Waals surface area contributed by atoms with Gasteiger partial charge in [0.25, 0.3) is 0 Å². The molecule has 4 heteroatoms. The lowest BCUT2D eigenvalue weighted by atomic mass is 9.79. The molecule has 2 unspecified atom stereocenters. The summed E-state index contributed by atoms with van der Waals surface area (Å²) >= 11 is 2.12. The Bertz CT molecular complexity index is 341. The van der Waals surface area contributed by atoms with Crippen molar-refractivity contribution in [1.82, 2.24) is 9.80 Å². The largest absolute Gasteiger partial charge is 0.329 e. The maximum absolute atomic E-state index is 6.27. The smallest absolute Gasteiger partial charge is 0.0427 e. The van der Waals surface area contributed by atoms with Gasteiger partial charge in [-0.05, 0) is 49.9 Å². The van der Waals surface area contributed by atoms with E-state index in [0.29, 0.717) is 5.41 Å². The molecule has 0 saturated carbocycles. The molecule has 116 valence electrons. The first-order valence-electron chi connectivity index (χ1n) is 8.32. The number of nitrogens with two attached hydrogens (primary N) is 1. The summed E-state index contributed by atoms with van der Waals surface area (Å²) in [6.45, 7) is 10.8. The maximum Gasteiger partial charge on any atom is 0.0427 e. The van der Waals surface area contributed by atoms with Gasteiger partial charge in [0.05, 0.1) is 0 Å². The highest BCUT2D eigenvalue weighted by Gasteiger charge is 2.46. The van der Waals surface area contributed by atoms with E-state index in [2.05, 4.69) is 35.4 Å². The van der Waals surface area contributed by atoms with Gasteiger partial charge in [0.1, 0.15) is 0 Å². The molecule has 0 bridgehead atoms. The summed E-state index contributed by atoms with van der Waals surface area (Å²) in [5.41, 5.74) is 6.97. The quantitative estimate of drug-likeness (QED) is 0.864. The molecule has 20 heavy (non-hydrogen) atoms. The maximum atomic E-state index is 6.27. The molecule has 0 aromatic heterocycles. The van der Waals surface area contributed by atoms with E-state index in [4.69, 9.17) is 5.73 Å². The van der Waals surface area contributed by atoms with Gasteiger partial charge in [0.15, 0.2) is 0 Å². The van der Waals surface area contributed by atoms with E-state index in [1.165, 1.54) is 63.4 Å². The van der Waals surface area contributed by atoms with Gasteiger partial charge in [-0.3, -0.25) is 9.80 Å². The fourth-order valence-electron chi connectivity index (χ4n) is 4.55. The Morgan fingerprint density at radius 2 is 1.90 bits per heavy atom. The van der Waals surface area contributed by atoms with Gasteiger partial charge in [-0.25, -0.2) is 0 Å². The second kappa shape index (κ2) is 5.79.